The number of nitrogens with zero attached hydrogens (tertiary/aromatic N) is 3. The van der Waals surface area contributed by atoms with Crippen LogP contribution in [-0.4, -0.2) is 14.6 Å². The zero-order valence-corrected chi connectivity index (χ0v) is 7.73. The number of rotatable bonds is 1. The summed E-state index contributed by atoms with van der Waals surface area (Å²) in [5, 5.41) is 4.17. The first-order valence-electron chi connectivity index (χ1n) is 4.28. The summed E-state index contributed by atoms with van der Waals surface area (Å²) in [7, 11) is 0. The van der Waals surface area contributed by atoms with Crippen molar-refractivity contribution in [2.45, 2.75) is 19.8 Å². The van der Waals surface area contributed by atoms with Crippen molar-refractivity contribution < 1.29 is 0 Å². The van der Waals surface area contributed by atoms with Crippen molar-refractivity contribution in [2.24, 2.45) is 0 Å². The molecule has 0 amide bonds. The van der Waals surface area contributed by atoms with Gasteiger partial charge in [0.15, 0.2) is 5.65 Å². The predicted octanol–water partition coefficient (Wildman–Crippen LogP) is 1.43. The highest BCUT2D eigenvalue weighted by Crippen LogP contribution is 2.15. The molecule has 0 aliphatic heterocycles. The molecule has 0 fully saturated rings. The van der Waals surface area contributed by atoms with E-state index >= 15 is 0 Å². The minimum Gasteiger partial charge on any atom is -0.382 e. The summed E-state index contributed by atoms with van der Waals surface area (Å²) >= 11 is 0. The highest BCUT2D eigenvalue weighted by molar-refractivity contribution is 5.48. The average Bonchev–Trinajstić information content (AvgIpc) is 2.43. The number of nitrogens with two attached hydrogens (primary N) is 1. The summed E-state index contributed by atoms with van der Waals surface area (Å²) < 4.78 is 1.79. The first-order valence-corrected chi connectivity index (χ1v) is 4.28. The van der Waals surface area contributed by atoms with Gasteiger partial charge in [-0.05, 0) is 12.0 Å². The standard InChI is InChI=1S/C9H12N4/c1-6(2)7-3-4-11-9-5-8(10)12-13(7)9/h3-6H,1-2H3,(H2,10,12). The van der Waals surface area contributed by atoms with E-state index in [1.165, 1.54) is 0 Å². The second-order valence-corrected chi connectivity index (χ2v) is 3.36. The molecule has 2 heterocycles. The van der Waals surface area contributed by atoms with E-state index in [2.05, 4.69) is 23.9 Å². The van der Waals surface area contributed by atoms with Crippen molar-refractivity contribution in [3.63, 3.8) is 0 Å². The molecule has 68 valence electrons. The van der Waals surface area contributed by atoms with Gasteiger partial charge in [-0.15, -0.1) is 5.10 Å². The van der Waals surface area contributed by atoms with Gasteiger partial charge in [-0.2, -0.15) is 0 Å². The van der Waals surface area contributed by atoms with Crippen LogP contribution < -0.4 is 5.73 Å². The van der Waals surface area contributed by atoms with E-state index in [0.29, 0.717) is 11.7 Å². The van der Waals surface area contributed by atoms with Crippen molar-refractivity contribution in [1.29, 1.82) is 0 Å². The lowest BCUT2D eigenvalue weighted by Crippen LogP contribution is -2.01. The predicted molar refractivity (Wildman–Crippen MR) is 51.5 cm³/mol. The summed E-state index contributed by atoms with van der Waals surface area (Å²) in [6.07, 6.45) is 1.78. The van der Waals surface area contributed by atoms with Gasteiger partial charge in [0.1, 0.15) is 5.82 Å². The average molecular weight is 176 g/mol. The summed E-state index contributed by atoms with van der Waals surface area (Å²) in [6, 6.07) is 3.73. The van der Waals surface area contributed by atoms with Crippen LogP contribution in [0.15, 0.2) is 18.3 Å². The molecule has 0 atom stereocenters. The molecule has 0 aliphatic carbocycles. The van der Waals surface area contributed by atoms with Crippen molar-refractivity contribution in [1.82, 2.24) is 14.6 Å². The maximum absolute atomic E-state index is 5.59. The fraction of sp³-hybridized carbons (Fsp3) is 0.333. The molecule has 2 aromatic rings. The molecular formula is C9H12N4. The smallest absolute Gasteiger partial charge is 0.157 e. The van der Waals surface area contributed by atoms with Gasteiger partial charge < -0.3 is 5.73 Å². The quantitative estimate of drug-likeness (QED) is 0.715. The molecule has 0 aromatic carbocycles. The highest BCUT2D eigenvalue weighted by Gasteiger charge is 2.06. The minimum absolute atomic E-state index is 0.421. The third-order valence-electron chi connectivity index (χ3n) is 2.00. The fourth-order valence-corrected chi connectivity index (χ4v) is 1.37. The summed E-state index contributed by atoms with van der Waals surface area (Å²) in [5.74, 6) is 0.936. The van der Waals surface area contributed by atoms with Crippen LogP contribution in [0.2, 0.25) is 0 Å². The second kappa shape index (κ2) is 2.73. The van der Waals surface area contributed by atoms with Crippen LogP contribution in [0, 0.1) is 0 Å². The van der Waals surface area contributed by atoms with Crippen molar-refractivity contribution >= 4 is 11.5 Å². The van der Waals surface area contributed by atoms with Crippen LogP contribution in [-0.2, 0) is 0 Å². The maximum atomic E-state index is 5.59. The van der Waals surface area contributed by atoms with Gasteiger partial charge in [0.25, 0.3) is 0 Å². The van der Waals surface area contributed by atoms with E-state index in [9.17, 15) is 0 Å². The lowest BCUT2D eigenvalue weighted by atomic mass is 10.1. The van der Waals surface area contributed by atoms with Gasteiger partial charge >= 0.3 is 0 Å². The lowest BCUT2D eigenvalue weighted by Gasteiger charge is -2.06. The van der Waals surface area contributed by atoms with E-state index in [1.54, 1.807) is 16.8 Å². The zero-order valence-electron chi connectivity index (χ0n) is 7.73. The van der Waals surface area contributed by atoms with Crippen molar-refractivity contribution in [2.75, 3.05) is 5.73 Å². The minimum atomic E-state index is 0.421. The molecule has 2 aromatic heterocycles. The Morgan fingerprint density at radius 1 is 1.46 bits per heavy atom. The molecule has 0 radical (unpaired) electrons. The Bertz CT molecular complexity index is 430. The summed E-state index contributed by atoms with van der Waals surface area (Å²) in [6.45, 7) is 4.24. The first kappa shape index (κ1) is 8.04. The van der Waals surface area contributed by atoms with Gasteiger partial charge in [-0.1, -0.05) is 13.8 Å². The van der Waals surface area contributed by atoms with E-state index in [1.807, 2.05) is 6.07 Å². The molecule has 0 bridgehead atoms. The molecule has 0 saturated carbocycles. The largest absolute Gasteiger partial charge is 0.382 e. The zero-order chi connectivity index (χ0) is 9.42. The number of aromatic nitrogens is 3. The molecule has 4 nitrogen and oxygen atoms in total. The van der Waals surface area contributed by atoms with Gasteiger partial charge in [-0.25, -0.2) is 9.50 Å². The van der Waals surface area contributed by atoms with Crippen molar-refractivity contribution in [3.05, 3.63) is 24.0 Å². The lowest BCUT2D eigenvalue weighted by molar-refractivity contribution is 0.751. The third-order valence-corrected chi connectivity index (χ3v) is 2.00. The molecule has 0 saturated heterocycles. The molecule has 0 unspecified atom stereocenters. The van der Waals surface area contributed by atoms with Crippen LogP contribution in [0.1, 0.15) is 25.5 Å². The Balaban J connectivity index is 2.75. The first-order chi connectivity index (χ1) is 6.18. The van der Waals surface area contributed by atoms with E-state index < -0.39 is 0 Å². The molecule has 13 heavy (non-hydrogen) atoms. The Labute approximate surface area is 76.4 Å². The number of anilines is 1. The Morgan fingerprint density at radius 3 is 2.92 bits per heavy atom. The molecule has 4 heteroatoms. The topological polar surface area (TPSA) is 56.2 Å². The second-order valence-electron chi connectivity index (χ2n) is 3.36. The molecular weight excluding hydrogens is 164 g/mol. The van der Waals surface area contributed by atoms with Crippen molar-refractivity contribution in [3.8, 4) is 0 Å². The monoisotopic (exact) mass is 176 g/mol. The van der Waals surface area contributed by atoms with Gasteiger partial charge in [-0.3, -0.25) is 0 Å². The SMILES string of the molecule is CC(C)c1ccnc2cc(N)nn12. The van der Waals surface area contributed by atoms with Gasteiger partial charge in [0.2, 0.25) is 0 Å². The summed E-state index contributed by atoms with van der Waals surface area (Å²) in [5.41, 5.74) is 7.52. The molecule has 2 N–H and O–H groups in total. The number of nitrogen functional groups attached to an aromatic ring is 1. The molecule has 0 spiro atoms. The maximum Gasteiger partial charge on any atom is 0.157 e. The fourth-order valence-electron chi connectivity index (χ4n) is 1.37. The molecule has 2 rings (SSSR count). The van der Waals surface area contributed by atoms with E-state index in [0.717, 1.165) is 11.3 Å². The normalized spacial score (nSPS) is 11.3. The van der Waals surface area contributed by atoms with Crippen LogP contribution in [0.25, 0.3) is 5.65 Å². The number of hydrogen-bond donors (Lipinski definition) is 1. The van der Waals surface area contributed by atoms with E-state index in [4.69, 9.17) is 5.73 Å². The Morgan fingerprint density at radius 2 is 2.23 bits per heavy atom. The van der Waals surface area contributed by atoms with Gasteiger partial charge in [0, 0.05) is 18.0 Å². The Hall–Kier alpha value is -1.58. The molecule has 0 aliphatic rings. The van der Waals surface area contributed by atoms with Crippen LogP contribution >= 0.6 is 0 Å². The van der Waals surface area contributed by atoms with Gasteiger partial charge in [0.05, 0.1) is 0 Å². The number of fused-ring (bicyclic) bond motifs is 1. The summed E-state index contributed by atoms with van der Waals surface area (Å²) in [4.78, 5) is 4.17. The van der Waals surface area contributed by atoms with Crippen LogP contribution in [0.4, 0.5) is 5.82 Å². The van der Waals surface area contributed by atoms with Crippen LogP contribution in [0.3, 0.4) is 0 Å². The number of hydrogen-bond acceptors (Lipinski definition) is 3. The Kier molecular flexibility index (Phi) is 1.69. The third kappa shape index (κ3) is 1.24. The van der Waals surface area contributed by atoms with E-state index in [-0.39, 0.29) is 0 Å². The highest BCUT2D eigenvalue weighted by atomic mass is 15.3. The van der Waals surface area contributed by atoms with Crippen LogP contribution in [0.5, 0.6) is 0 Å².